The molecule has 26 heavy (non-hydrogen) atoms. The first-order valence-corrected chi connectivity index (χ1v) is 8.92. The van der Waals surface area contributed by atoms with Crippen molar-refractivity contribution < 1.29 is 4.79 Å². The summed E-state index contributed by atoms with van der Waals surface area (Å²) in [4.78, 5) is 29.5. The zero-order valence-electron chi connectivity index (χ0n) is 14.9. The summed E-state index contributed by atoms with van der Waals surface area (Å²) in [6.45, 7) is 4.37. The van der Waals surface area contributed by atoms with Crippen LogP contribution in [-0.4, -0.2) is 45.1 Å². The van der Waals surface area contributed by atoms with Crippen LogP contribution >= 0.6 is 0 Å². The van der Waals surface area contributed by atoms with Gasteiger partial charge in [0.25, 0.3) is 0 Å². The van der Waals surface area contributed by atoms with E-state index in [2.05, 4.69) is 38.6 Å². The first-order valence-electron chi connectivity index (χ1n) is 8.92. The quantitative estimate of drug-likeness (QED) is 0.678. The van der Waals surface area contributed by atoms with Gasteiger partial charge >= 0.3 is 0 Å². The van der Waals surface area contributed by atoms with Crippen LogP contribution in [0.15, 0.2) is 30.3 Å². The molecule has 0 aliphatic carbocycles. The van der Waals surface area contributed by atoms with E-state index in [4.69, 9.17) is 4.98 Å². The third kappa shape index (κ3) is 2.27. The van der Waals surface area contributed by atoms with Crippen molar-refractivity contribution in [1.29, 1.82) is 0 Å². The molecule has 4 heterocycles. The highest BCUT2D eigenvalue weighted by Crippen LogP contribution is 2.33. The van der Waals surface area contributed by atoms with E-state index in [1.165, 1.54) is 0 Å². The molecule has 7 heteroatoms. The van der Waals surface area contributed by atoms with Gasteiger partial charge in [0.1, 0.15) is 23.3 Å². The van der Waals surface area contributed by atoms with Crippen LogP contribution in [-0.2, 0) is 11.8 Å². The normalized spacial score (nSPS) is 17.5. The van der Waals surface area contributed by atoms with Crippen molar-refractivity contribution in [3.8, 4) is 0 Å². The van der Waals surface area contributed by atoms with Crippen molar-refractivity contribution in [3.05, 3.63) is 42.0 Å². The molecule has 7 nitrogen and oxygen atoms in total. The zero-order valence-corrected chi connectivity index (χ0v) is 14.9. The molecule has 0 saturated carbocycles. The molecule has 0 unspecified atom stereocenters. The van der Waals surface area contributed by atoms with Crippen LogP contribution in [0.4, 0.5) is 11.6 Å². The molecule has 1 amide bonds. The number of aryl methyl sites for hydroxylation is 2. The molecule has 0 bridgehead atoms. The molecule has 2 fully saturated rings. The smallest absolute Gasteiger partial charge is 0.229 e. The van der Waals surface area contributed by atoms with Gasteiger partial charge in [0, 0.05) is 39.2 Å². The van der Waals surface area contributed by atoms with Gasteiger partial charge in [0.2, 0.25) is 5.91 Å². The largest absolute Gasteiger partial charge is 0.355 e. The monoisotopic (exact) mass is 348 g/mol. The van der Waals surface area contributed by atoms with E-state index in [9.17, 15) is 4.79 Å². The Morgan fingerprint density at radius 2 is 1.85 bits per heavy atom. The van der Waals surface area contributed by atoms with Gasteiger partial charge in [-0.05, 0) is 19.1 Å². The van der Waals surface area contributed by atoms with Gasteiger partial charge in [-0.1, -0.05) is 12.1 Å². The number of nitrogens with zero attached hydrogens (tertiary/aromatic N) is 6. The summed E-state index contributed by atoms with van der Waals surface area (Å²) in [5.74, 6) is 3.94. The molecule has 0 spiro atoms. The molecule has 0 atom stereocenters. The number of benzene rings is 1. The van der Waals surface area contributed by atoms with Crippen LogP contribution < -0.4 is 9.80 Å². The lowest BCUT2D eigenvalue weighted by atomic mass is 9.99. The molecule has 0 radical (unpaired) electrons. The minimum atomic E-state index is 0.134. The Morgan fingerprint density at radius 1 is 1.08 bits per heavy atom. The molecular formula is C19H20N6O. The number of anilines is 2. The van der Waals surface area contributed by atoms with E-state index in [0.29, 0.717) is 18.2 Å². The van der Waals surface area contributed by atoms with Gasteiger partial charge in [-0.15, -0.1) is 0 Å². The number of β-lactam (4-membered cyclic amide) rings is 1. The number of hydrogen-bond acceptors (Lipinski definition) is 5. The molecule has 5 rings (SSSR count). The molecule has 3 aromatic rings. The van der Waals surface area contributed by atoms with Gasteiger partial charge in [-0.25, -0.2) is 15.0 Å². The maximum atomic E-state index is 11.7. The Hall–Kier alpha value is -2.96. The highest BCUT2D eigenvalue weighted by atomic mass is 16.2. The second-order valence-corrected chi connectivity index (χ2v) is 7.05. The van der Waals surface area contributed by atoms with Gasteiger partial charge in [0.15, 0.2) is 0 Å². The van der Waals surface area contributed by atoms with E-state index in [0.717, 1.165) is 48.1 Å². The maximum Gasteiger partial charge on any atom is 0.229 e. The second-order valence-electron chi connectivity index (χ2n) is 7.05. The van der Waals surface area contributed by atoms with Gasteiger partial charge < -0.3 is 9.47 Å². The molecule has 132 valence electrons. The van der Waals surface area contributed by atoms with Gasteiger partial charge in [0.05, 0.1) is 17.0 Å². The predicted octanol–water partition coefficient (Wildman–Crippen LogP) is 2.01. The Balaban J connectivity index is 1.38. The SMILES string of the molecule is Cc1nc(N2CC(c3nc4ccccc4n3C)C2)cc(N2CCC2=O)n1. The zero-order chi connectivity index (χ0) is 17.8. The standard InChI is InChI=1S/C19H20N6O/c1-12-20-16(9-17(21-12)25-8-7-18(25)26)24-10-13(11-24)19-22-14-5-3-4-6-15(14)23(19)2/h3-6,9,13H,7-8,10-11H2,1-2H3. The van der Waals surface area contributed by atoms with E-state index >= 15 is 0 Å². The number of carbonyl (C=O) groups is 1. The summed E-state index contributed by atoms with van der Waals surface area (Å²) in [6.07, 6.45) is 0.608. The number of hydrogen-bond donors (Lipinski definition) is 0. The third-order valence-electron chi connectivity index (χ3n) is 5.33. The number of amides is 1. The first kappa shape index (κ1) is 15.3. The molecule has 2 saturated heterocycles. The van der Waals surface area contributed by atoms with Crippen LogP contribution in [0.2, 0.25) is 0 Å². The van der Waals surface area contributed by atoms with E-state index in [1.807, 2.05) is 25.1 Å². The van der Waals surface area contributed by atoms with Crippen molar-refractivity contribution >= 4 is 28.6 Å². The Morgan fingerprint density at radius 3 is 2.54 bits per heavy atom. The number of aromatic nitrogens is 4. The summed E-state index contributed by atoms with van der Waals surface area (Å²) < 4.78 is 2.19. The lowest BCUT2D eigenvalue weighted by Crippen LogP contribution is -2.47. The number of para-hydroxylation sites is 2. The predicted molar refractivity (Wildman–Crippen MR) is 99.4 cm³/mol. The summed E-state index contributed by atoms with van der Waals surface area (Å²) in [5.41, 5.74) is 2.21. The number of carbonyl (C=O) groups excluding carboxylic acids is 1. The fraction of sp³-hybridized carbons (Fsp3) is 0.368. The molecule has 1 aromatic carbocycles. The Kier molecular flexibility index (Phi) is 3.25. The Bertz CT molecular complexity index is 1020. The van der Waals surface area contributed by atoms with Crippen molar-refractivity contribution in [2.24, 2.45) is 7.05 Å². The van der Waals surface area contributed by atoms with E-state index in [1.54, 1.807) is 4.90 Å². The van der Waals surface area contributed by atoms with Crippen LogP contribution in [0, 0.1) is 6.92 Å². The molecular weight excluding hydrogens is 328 g/mol. The number of rotatable bonds is 3. The van der Waals surface area contributed by atoms with Crippen LogP contribution in [0.5, 0.6) is 0 Å². The van der Waals surface area contributed by atoms with E-state index in [-0.39, 0.29) is 5.91 Å². The third-order valence-corrected chi connectivity index (χ3v) is 5.33. The van der Waals surface area contributed by atoms with Crippen LogP contribution in [0.3, 0.4) is 0 Å². The summed E-state index contributed by atoms with van der Waals surface area (Å²) >= 11 is 0. The summed E-state index contributed by atoms with van der Waals surface area (Å²) in [6, 6.07) is 10.2. The summed E-state index contributed by atoms with van der Waals surface area (Å²) in [5, 5.41) is 0. The second kappa shape index (κ2) is 5.52. The number of imidazole rings is 1. The van der Waals surface area contributed by atoms with Crippen molar-refractivity contribution in [1.82, 2.24) is 19.5 Å². The van der Waals surface area contributed by atoms with E-state index < -0.39 is 0 Å². The first-order chi connectivity index (χ1) is 12.6. The van der Waals surface area contributed by atoms with Crippen molar-refractivity contribution in [3.63, 3.8) is 0 Å². The van der Waals surface area contributed by atoms with Gasteiger partial charge in [-0.3, -0.25) is 9.69 Å². The fourth-order valence-corrected chi connectivity index (χ4v) is 3.75. The maximum absolute atomic E-state index is 11.7. The lowest BCUT2D eigenvalue weighted by Gasteiger charge is -2.40. The molecule has 2 aliphatic heterocycles. The van der Waals surface area contributed by atoms with Crippen LogP contribution in [0.25, 0.3) is 11.0 Å². The minimum Gasteiger partial charge on any atom is -0.355 e. The molecule has 2 aromatic heterocycles. The minimum absolute atomic E-state index is 0.134. The molecule has 0 N–H and O–H groups in total. The lowest BCUT2D eigenvalue weighted by molar-refractivity contribution is -0.122. The highest BCUT2D eigenvalue weighted by Gasteiger charge is 2.34. The average molecular weight is 348 g/mol. The number of fused-ring (bicyclic) bond motifs is 1. The summed E-state index contributed by atoms with van der Waals surface area (Å²) in [7, 11) is 2.08. The Labute approximate surface area is 151 Å². The van der Waals surface area contributed by atoms with Gasteiger partial charge in [-0.2, -0.15) is 0 Å². The molecule has 2 aliphatic rings. The fourth-order valence-electron chi connectivity index (χ4n) is 3.75. The highest BCUT2D eigenvalue weighted by molar-refractivity contribution is 5.98. The van der Waals surface area contributed by atoms with Crippen LogP contribution in [0.1, 0.15) is 24.0 Å². The van der Waals surface area contributed by atoms with Crippen molar-refractivity contribution in [2.45, 2.75) is 19.3 Å². The average Bonchev–Trinajstić information content (AvgIpc) is 2.89. The van der Waals surface area contributed by atoms with Crippen molar-refractivity contribution in [2.75, 3.05) is 29.4 Å². The topological polar surface area (TPSA) is 67.2 Å².